The predicted molar refractivity (Wildman–Crippen MR) is 125 cm³/mol. The molecule has 176 valence electrons. The molecule has 0 atom stereocenters. The number of carbonyl (C=O) groups is 3. The number of para-hydroxylation sites is 1. The molecule has 0 aliphatic rings. The zero-order chi connectivity index (χ0) is 24.7. The van der Waals surface area contributed by atoms with E-state index in [0.29, 0.717) is 17.1 Å². The minimum absolute atomic E-state index is 0.0956. The first-order valence-electron chi connectivity index (χ1n) is 10.5. The van der Waals surface area contributed by atoms with Crippen molar-refractivity contribution in [3.63, 3.8) is 0 Å². The quantitative estimate of drug-likeness (QED) is 0.491. The lowest BCUT2D eigenvalue weighted by molar-refractivity contribution is -0.118. The van der Waals surface area contributed by atoms with E-state index in [1.807, 2.05) is 19.1 Å². The Kier molecular flexibility index (Phi) is 7.75. The van der Waals surface area contributed by atoms with Crippen LogP contribution in [-0.2, 0) is 14.3 Å². The summed E-state index contributed by atoms with van der Waals surface area (Å²) in [5.41, 5.74) is 1.58. The fourth-order valence-corrected chi connectivity index (χ4v) is 3.05. The molecule has 2 aromatic carbocycles. The molecule has 10 heteroatoms. The molecule has 2 N–H and O–H groups in total. The molecule has 34 heavy (non-hydrogen) atoms. The maximum atomic E-state index is 12.7. The molecule has 0 saturated heterocycles. The minimum atomic E-state index is -0.784. The third kappa shape index (κ3) is 6.06. The van der Waals surface area contributed by atoms with Gasteiger partial charge < -0.3 is 20.1 Å². The van der Waals surface area contributed by atoms with Crippen molar-refractivity contribution in [1.82, 2.24) is 9.78 Å². The molecular weight excluding hydrogens is 440 g/mol. The van der Waals surface area contributed by atoms with E-state index in [1.54, 1.807) is 43.3 Å². The fourth-order valence-electron chi connectivity index (χ4n) is 3.05. The molecule has 0 bridgehead atoms. The van der Waals surface area contributed by atoms with E-state index >= 15 is 0 Å². The van der Waals surface area contributed by atoms with Crippen molar-refractivity contribution in [1.29, 1.82) is 0 Å². The second-order valence-corrected chi connectivity index (χ2v) is 7.21. The Labute approximate surface area is 195 Å². The summed E-state index contributed by atoms with van der Waals surface area (Å²) in [6, 6.07) is 14.7. The predicted octanol–water partition coefficient (Wildman–Crippen LogP) is 2.69. The number of aryl methyl sites for hydroxylation is 1. The number of hydrogen-bond donors (Lipinski definition) is 2. The number of ether oxygens (including phenoxy) is 2. The van der Waals surface area contributed by atoms with Gasteiger partial charge in [0.2, 0.25) is 11.6 Å². The second-order valence-electron chi connectivity index (χ2n) is 7.21. The Hall–Kier alpha value is -4.47. The lowest BCUT2D eigenvalue weighted by Gasteiger charge is -2.13. The Morgan fingerprint density at radius 2 is 1.65 bits per heavy atom. The Morgan fingerprint density at radius 3 is 2.26 bits per heavy atom. The molecule has 3 aromatic rings. The molecule has 0 radical (unpaired) electrons. The van der Waals surface area contributed by atoms with E-state index in [9.17, 15) is 19.2 Å². The first kappa shape index (κ1) is 24.2. The number of carbonyl (C=O) groups excluding carboxylic acids is 3. The maximum Gasteiger partial charge on any atom is 0.362 e. The van der Waals surface area contributed by atoms with Crippen LogP contribution < -0.4 is 20.9 Å². The maximum absolute atomic E-state index is 12.7. The molecule has 0 fully saturated rings. The molecule has 3 rings (SSSR count). The largest absolute Gasteiger partial charge is 0.481 e. The summed E-state index contributed by atoms with van der Waals surface area (Å²) in [4.78, 5) is 48.6. The highest BCUT2D eigenvalue weighted by Gasteiger charge is 2.21. The van der Waals surface area contributed by atoms with Crippen LogP contribution in [0.4, 0.5) is 11.4 Å². The van der Waals surface area contributed by atoms with Gasteiger partial charge in [0.05, 0.1) is 18.4 Å². The van der Waals surface area contributed by atoms with Gasteiger partial charge in [-0.3, -0.25) is 14.4 Å². The topological polar surface area (TPSA) is 129 Å². The number of aromatic nitrogens is 2. The number of rotatable bonds is 8. The van der Waals surface area contributed by atoms with Crippen LogP contribution >= 0.6 is 0 Å². The van der Waals surface area contributed by atoms with Gasteiger partial charge in [-0.25, -0.2) is 4.79 Å². The molecular formula is C24H24N4O6. The summed E-state index contributed by atoms with van der Waals surface area (Å²) in [6.45, 7) is 4.46. The molecule has 10 nitrogen and oxygen atoms in total. The standard InChI is InChI=1S/C24H24N4O6/c1-4-33-24(32)23-20(13-22(31)28(27-23)19-8-6-5-7-15(19)2)34-14-21(30)26-18-11-9-17(10-12-18)25-16(3)29/h5-13H,4,14H2,1-3H3,(H,25,29)(H,26,30). The molecule has 1 heterocycles. The number of nitrogens with one attached hydrogen (secondary N) is 2. The van der Waals surface area contributed by atoms with Crippen molar-refractivity contribution in [2.75, 3.05) is 23.8 Å². The molecule has 0 spiro atoms. The van der Waals surface area contributed by atoms with Gasteiger partial charge in [0.15, 0.2) is 12.4 Å². The van der Waals surface area contributed by atoms with Crippen LogP contribution in [0, 0.1) is 6.92 Å². The number of nitrogens with zero attached hydrogens (tertiary/aromatic N) is 2. The molecule has 2 amide bonds. The third-order valence-corrected chi connectivity index (χ3v) is 4.56. The lowest BCUT2D eigenvalue weighted by atomic mass is 10.2. The van der Waals surface area contributed by atoms with E-state index in [2.05, 4.69) is 15.7 Å². The van der Waals surface area contributed by atoms with Crippen LogP contribution in [0.3, 0.4) is 0 Å². The lowest BCUT2D eigenvalue weighted by Crippen LogP contribution is -2.27. The summed E-state index contributed by atoms with van der Waals surface area (Å²) in [5, 5.41) is 9.41. The van der Waals surface area contributed by atoms with Crippen LogP contribution in [-0.4, -0.2) is 40.8 Å². The highest BCUT2D eigenvalue weighted by atomic mass is 16.5. The Balaban J connectivity index is 1.79. The summed E-state index contributed by atoms with van der Waals surface area (Å²) < 4.78 is 11.6. The van der Waals surface area contributed by atoms with Gasteiger partial charge >= 0.3 is 5.97 Å². The van der Waals surface area contributed by atoms with Gasteiger partial charge in [0, 0.05) is 18.3 Å². The smallest absolute Gasteiger partial charge is 0.362 e. The summed E-state index contributed by atoms with van der Waals surface area (Å²) in [5.74, 6) is -1.68. The second kappa shape index (κ2) is 10.9. The SMILES string of the molecule is CCOC(=O)c1nn(-c2ccccc2C)c(=O)cc1OCC(=O)Nc1ccc(NC(C)=O)cc1. The van der Waals surface area contributed by atoms with Gasteiger partial charge in [-0.1, -0.05) is 18.2 Å². The third-order valence-electron chi connectivity index (χ3n) is 4.56. The van der Waals surface area contributed by atoms with Crippen LogP contribution in [0.5, 0.6) is 5.75 Å². The van der Waals surface area contributed by atoms with Crippen molar-refractivity contribution in [2.24, 2.45) is 0 Å². The van der Waals surface area contributed by atoms with Gasteiger partial charge in [-0.2, -0.15) is 9.78 Å². The first-order valence-corrected chi connectivity index (χ1v) is 10.5. The highest BCUT2D eigenvalue weighted by Crippen LogP contribution is 2.18. The normalized spacial score (nSPS) is 10.3. The average Bonchev–Trinajstić information content (AvgIpc) is 2.79. The van der Waals surface area contributed by atoms with Crippen LogP contribution in [0.15, 0.2) is 59.4 Å². The van der Waals surface area contributed by atoms with Crippen molar-refractivity contribution >= 4 is 29.2 Å². The molecule has 0 unspecified atom stereocenters. The van der Waals surface area contributed by atoms with Crippen LogP contribution in [0.1, 0.15) is 29.9 Å². The number of amides is 2. The Morgan fingerprint density at radius 1 is 1.00 bits per heavy atom. The summed E-state index contributed by atoms with van der Waals surface area (Å²) >= 11 is 0. The van der Waals surface area contributed by atoms with Crippen LogP contribution in [0.25, 0.3) is 5.69 Å². The zero-order valence-corrected chi connectivity index (χ0v) is 19.0. The van der Waals surface area contributed by atoms with Gasteiger partial charge in [-0.05, 0) is 49.7 Å². The fraction of sp³-hybridized carbons (Fsp3) is 0.208. The Bertz CT molecular complexity index is 1270. The van der Waals surface area contributed by atoms with Crippen molar-refractivity contribution in [3.8, 4) is 11.4 Å². The van der Waals surface area contributed by atoms with Gasteiger partial charge in [-0.15, -0.1) is 0 Å². The summed E-state index contributed by atoms with van der Waals surface area (Å²) in [6.07, 6.45) is 0. The van der Waals surface area contributed by atoms with Crippen molar-refractivity contribution < 1.29 is 23.9 Å². The molecule has 1 aromatic heterocycles. The number of anilines is 2. The average molecular weight is 464 g/mol. The van der Waals surface area contributed by atoms with E-state index in [0.717, 1.165) is 16.3 Å². The highest BCUT2D eigenvalue weighted by molar-refractivity contribution is 5.93. The summed E-state index contributed by atoms with van der Waals surface area (Å²) in [7, 11) is 0. The van der Waals surface area contributed by atoms with E-state index in [4.69, 9.17) is 9.47 Å². The van der Waals surface area contributed by atoms with Gasteiger partial charge in [0.1, 0.15) is 0 Å². The van der Waals surface area contributed by atoms with Gasteiger partial charge in [0.25, 0.3) is 11.5 Å². The minimum Gasteiger partial charge on any atom is -0.481 e. The zero-order valence-electron chi connectivity index (χ0n) is 19.0. The molecule has 0 aliphatic carbocycles. The first-order chi connectivity index (χ1) is 16.3. The van der Waals surface area contributed by atoms with Crippen molar-refractivity contribution in [3.05, 3.63) is 76.2 Å². The van der Waals surface area contributed by atoms with E-state index in [1.165, 1.54) is 6.92 Å². The van der Waals surface area contributed by atoms with E-state index in [-0.39, 0.29) is 24.0 Å². The molecule has 0 aliphatic heterocycles. The van der Waals surface area contributed by atoms with Crippen LogP contribution in [0.2, 0.25) is 0 Å². The number of hydrogen-bond acceptors (Lipinski definition) is 7. The number of benzene rings is 2. The monoisotopic (exact) mass is 464 g/mol. The number of esters is 1. The van der Waals surface area contributed by atoms with Crippen molar-refractivity contribution in [2.45, 2.75) is 20.8 Å². The molecule has 0 saturated carbocycles. The van der Waals surface area contributed by atoms with E-state index < -0.39 is 24.0 Å².